The summed E-state index contributed by atoms with van der Waals surface area (Å²) in [6.45, 7) is -0.403. The molecule has 150 valence electrons. The smallest absolute Gasteiger partial charge is 0.257 e. The third kappa shape index (κ3) is 13.1. The van der Waals surface area contributed by atoms with Gasteiger partial charge in [0.2, 0.25) is 0 Å². The molecule has 0 aliphatic rings. The van der Waals surface area contributed by atoms with Gasteiger partial charge in [-0.05, 0) is 23.8 Å². The Kier molecular flexibility index (Phi) is 13.4. The lowest BCUT2D eigenvalue weighted by Gasteiger charge is -2.03. The van der Waals surface area contributed by atoms with Gasteiger partial charge in [0.25, 0.3) is 12.9 Å². The maximum Gasteiger partial charge on any atom is 0.257 e. The second kappa shape index (κ2) is 14.3. The second-order valence-corrected chi connectivity index (χ2v) is 5.59. The standard InChI is InChI=1S/C8H9ClF2N2.C8H7ClF2N2.CH4/c2*9-7-2-1-6(4-13-7)3-12-5-8(10)11;/h1-2,4,8,12H,3,5H2;1-4,8H,5H2;1H4. The number of rotatable bonds is 7. The van der Waals surface area contributed by atoms with Crippen LogP contribution in [0.1, 0.15) is 18.6 Å². The second-order valence-electron chi connectivity index (χ2n) is 4.81. The van der Waals surface area contributed by atoms with Gasteiger partial charge >= 0.3 is 0 Å². The van der Waals surface area contributed by atoms with Crippen LogP contribution in [0.2, 0.25) is 10.3 Å². The van der Waals surface area contributed by atoms with Crippen molar-refractivity contribution >= 4 is 29.4 Å². The summed E-state index contributed by atoms with van der Waals surface area (Å²) in [5.74, 6) is 0. The molecule has 10 heteroatoms. The van der Waals surface area contributed by atoms with E-state index in [-0.39, 0.29) is 14.0 Å². The largest absolute Gasteiger partial charge is 0.307 e. The fourth-order valence-electron chi connectivity index (χ4n) is 1.54. The molecule has 0 spiro atoms. The summed E-state index contributed by atoms with van der Waals surface area (Å²) in [4.78, 5) is 11.1. The first-order chi connectivity index (χ1) is 12.4. The molecule has 0 aromatic carbocycles. The van der Waals surface area contributed by atoms with E-state index >= 15 is 0 Å². The van der Waals surface area contributed by atoms with Crippen molar-refractivity contribution in [1.82, 2.24) is 15.3 Å². The summed E-state index contributed by atoms with van der Waals surface area (Å²) in [5.41, 5.74) is 1.50. The molecule has 0 amide bonds. The maximum absolute atomic E-state index is 11.7. The molecule has 1 N–H and O–H groups in total. The third-order valence-corrected chi connectivity index (χ3v) is 3.10. The molecule has 0 atom stereocenters. The number of hydrogen-bond donors (Lipinski definition) is 1. The van der Waals surface area contributed by atoms with Gasteiger partial charge in [-0.15, -0.1) is 0 Å². The van der Waals surface area contributed by atoms with Crippen molar-refractivity contribution in [3.05, 3.63) is 58.1 Å². The van der Waals surface area contributed by atoms with E-state index in [4.69, 9.17) is 23.2 Å². The minimum absolute atomic E-state index is 0. The van der Waals surface area contributed by atoms with Crippen molar-refractivity contribution in [2.24, 2.45) is 4.99 Å². The zero-order chi connectivity index (χ0) is 19.4. The Balaban J connectivity index is 0.000000483. The molecule has 4 nitrogen and oxygen atoms in total. The Bertz CT molecular complexity index is 653. The summed E-state index contributed by atoms with van der Waals surface area (Å²) in [7, 11) is 0. The van der Waals surface area contributed by atoms with Crippen LogP contribution in [0, 0.1) is 0 Å². The highest BCUT2D eigenvalue weighted by atomic mass is 35.5. The maximum atomic E-state index is 11.7. The summed E-state index contributed by atoms with van der Waals surface area (Å²) in [6.07, 6.45) is -0.357. The van der Waals surface area contributed by atoms with Crippen molar-refractivity contribution in [3.8, 4) is 0 Å². The molecule has 2 aromatic rings. The van der Waals surface area contributed by atoms with Crippen molar-refractivity contribution < 1.29 is 17.6 Å². The Morgan fingerprint density at radius 1 is 0.963 bits per heavy atom. The van der Waals surface area contributed by atoms with Gasteiger partial charge in [-0.2, -0.15) is 0 Å². The zero-order valence-electron chi connectivity index (χ0n) is 13.4. The van der Waals surface area contributed by atoms with Crippen LogP contribution in [0.5, 0.6) is 0 Å². The number of aromatic nitrogens is 2. The van der Waals surface area contributed by atoms with Gasteiger partial charge in [-0.25, -0.2) is 27.5 Å². The molecule has 0 bridgehead atoms. The van der Waals surface area contributed by atoms with Gasteiger partial charge in [0.15, 0.2) is 0 Å². The predicted molar refractivity (Wildman–Crippen MR) is 101 cm³/mol. The Morgan fingerprint density at radius 2 is 1.59 bits per heavy atom. The number of hydrogen-bond acceptors (Lipinski definition) is 4. The monoisotopic (exact) mass is 426 g/mol. The van der Waals surface area contributed by atoms with E-state index in [1.165, 1.54) is 12.4 Å². The molecule has 0 saturated heterocycles. The lowest BCUT2D eigenvalue weighted by molar-refractivity contribution is 0.145. The SMILES string of the molecule is C.FC(F)CN=Cc1ccc(Cl)nc1.FC(F)CNCc1ccc(Cl)nc1. The Morgan fingerprint density at radius 3 is 2.07 bits per heavy atom. The van der Waals surface area contributed by atoms with Gasteiger partial charge < -0.3 is 5.32 Å². The fourth-order valence-corrected chi connectivity index (χ4v) is 1.76. The van der Waals surface area contributed by atoms with Crippen LogP contribution in [-0.2, 0) is 6.54 Å². The van der Waals surface area contributed by atoms with Gasteiger partial charge in [-0.3, -0.25) is 4.99 Å². The molecule has 0 unspecified atom stereocenters. The van der Waals surface area contributed by atoms with Crippen molar-refractivity contribution in [1.29, 1.82) is 0 Å². The summed E-state index contributed by atoms with van der Waals surface area (Å²) >= 11 is 11.1. The van der Waals surface area contributed by atoms with Gasteiger partial charge in [0, 0.05) is 30.7 Å². The van der Waals surface area contributed by atoms with E-state index < -0.39 is 19.4 Å². The van der Waals surface area contributed by atoms with Crippen molar-refractivity contribution in [3.63, 3.8) is 0 Å². The number of pyridine rings is 2. The van der Waals surface area contributed by atoms with E-state index in [1.807, 2.05) is 0 Å². The van der Waals surface area contributed by atoms with Gasteiger partial charge in [0.05, 0.1) is 13.1 Å². The number of nitrogens with zero attached hydrogens (tertiary/aromatic N) is 3. The summed E-state index contributed by atoms with van der Waals surface area (Å²) < 4.78 is 46.7. The van der Waals surface area contributed by atoms with Crippen LogP contribution in [0.25, 0.3) is 0 Å². The first-order valence-corrected chi connectivity index (χ1v) is 8.11. The molecule has 0 radical (unpaired) electrons. The van der Waals surface area contributed by atoms with Crippen molar-refractivity contribution in [2.45, 2.75) is 26.8 Å². The minimum atomic E-state index is -2.41. The highest BCUT2D eigenvalue weighted by molar-refractivity contribution is 6.29. The van der Waals surface area contributed by atoms with Crippen LogP contribution in [0.4, 0.5) is 17.6 Å². The normalized spacial score (nSPS) is 10.7. The number of nitrogens with one attached hydrogen (secondary N) is 1. The molecular formula is C17H20Cl2F4N4. The molecule has 0 saturated carbocycles. The average Bonchev–Trinajstić information content (AvgIpc) is 2.58. The minimum Gasteiger partial charge on any atom is -0.307 e. The van der Waals surface area contributed by atoms with E-state index in [9.17, 15) is 17.6 Å². The lowest BCUT2D eigenvalue weighted by Crippen LogP contribution is -2.20. The van der Waals surface area contributed by atoms with Gasteiger partial charge in [-0.1, -0.05) is 36.7 Å². The molecule has 0 aliphatic heterocycles. The first kappa shape index (κ1) is 25.2. The van der Waals surface area contributed by atoms with E-state index in [0.29, 0.717) is 22.4 Å². The molecule has 27 heavy (non-hydrogen) atoms. The third-order valence-electron chi connectivity index (χ3n) is 2.65. The Hall–Kier alpha value is -1.77. The van der Waals surface area contributed by atoms with E-state index in [0.717, 1.165) is 5.56 Å². The highest BCUT2D eigenvalue weighted by Gasteiger charge is 2.01. The number of alkyl halides is 4. The first-order valence-electron chi connectivity index (χ1n) is 7.35. The molecule has 0 aliphatic carbocycles. The number of aliphatic imine (C=N–C) groups is 1. The topological polar surface area (TPSA) is 50.2 Å². The van der Waals surface area contributed by atoms with Crippen LogP contribution in [0.15, 0.2) is 41.7 Å². The van der Waals surface area contributed by atoms with E-state index in [2.05, 4.69) is 20.3 Å². The van der Waals surface area contributed by atoms with E-state index in [1.54, 1.807) is 30.5 Å². The van der Waals surface area contributed by atoms with Crippen LogP contribution in [-0.4, -0.2) is 42.1 Å². The van der Waals surface area contributed by atoms with Crippen LogP contribution in [0.3, 0.4) is 0 Å². The highest BCUT2D eigenvalue weighted by Crippen LogP contribution is 2.05. The van der Waals surface area contributed by atoms with Gasteiger partial charge in [0.1, 0.15) is 10.3 Å². The fraction of sp³-hybridized carbons (Fsp3) is 0.353. The molecule has 2 rings (SSSR count). The Labute approximate surface area is 165 Å². The summed E-state index contributed by atoms with van der Waals surface area (Å²) in [6, 6.07) is 6.60. The zero-order valence-corrected chi connectivity index (χ0v) is 14.9. The quantitative estimate of drug-likeness (QED) is 0.378. The molecule has 2 heterocycles. The van der Waals surface area contributed by atoms with Crippen LogP contribution < -0.4 is 5.32 Å². The van der Waals surface area contributed by atoms with Crippen LogP contribution >= 0.6 is 23.2 Å². The predicted octanol–water partition coefficient (Wildman–Crippen LogP) is 5.14. The lowest BCUT2D eigenvalue weighted by atomic mass is 10.3. The molecule has 2 aromatic heterocycles. The molecule has 0 fully saturated rings. The average molecular weight is 427 g/mol. The van der Waals surface area contributed by atoms with Crippen molar-refractivity contribution in [2.75, 3.05) is 13.1 Å². The molecular weight excluding hydrogens is 407 g/mol. The number of halogens is 6. The summed E-state index contributed by atoms with van der Waals surface area (Å²) in [5, 5.41) is 3.35.